The Balaban J connectivity index is 1.36. The summed E-state index contributed by atoms with van der Waals surface area (Å²) in [5.74, 6) is -0.0747. The Labute approximate surface area is 161 Å². The van der Waals surface area contributed by atoms with Crippen molar-refractivity contribution in [1.29, 1.82) is 0 Å². The molecule has 0 unspecified atom stereocenters. The van der Waals surface area contributed by atoms with Crippen LogP contribution in [0.5, 0.6) is 0 Å². The second-order valence-electron chi connectivity index (χ2n) is 6.46. The Morgan fingerprint density at radius 1 is 1.04 bits per heavy atom. The lowest BCUT2D eigenvalue weighted by Crippen LogP contribution is -2.30. The molecule has 1 aliphatic rings. The predicted octanol–water partition coefficient (Wildman–Crippen LogP) is 3.46. The van der Waals surface area contributed by atoms with E-state index in [1.807, 2.05) is 58.8 Å². The second kappa shape index (κ2) is 7.72. The lowest BCUT2D eigenvalue weighted by Gasteiger charge is -2.16. The summed E-state index contributed by atoms with van der Waals surface area (Å²) in [5.41, 5.74) is 3.84. The normalized spacial score (nSPS) is 12.7. The number of hydrogen-bond donors (Lipinski definition) is 1. The van der Waals surface area contributed by atoms with Crippen LogP contribution in [-0.4, -0.2) is 23.3 Å². The van der Waals surface area contributed by atoms with Gasteiger partial charge < -0.3 is 10.2 Å². The third kappa shape index (κ3) is 4.06. The highest BCUT2D eigenvalue weighted by Crippen LogP contribution is 2.28. The zero-order chi connectivity index (χ0) is 18.6. The van der Waals surface area contributed by atoms with Gasteiger partial charge in [0.1, 0.15) is 0 Å². The van der Waals surface area contributed by atoms with E-state index in [-0.39, 0.29) is 18.2 Å². The molecule has 0 spiro atoms. The minimum Gasteiger partial charge on any atom is -0.311 e. The van der Waals surface area contributed by atoms with Crippen molar-refractivity contribution in [2.75, 3.05) is 16.8 Å². The molecular formula is C21H19N3O2S. The smallest absolute Gasteiger partial charge is 0.233 e. The number of benzene rings is 2. The zero-order valence-electron chi connectivity index (χ0n) is 14.7. The Hall–Kier alpha value is -2.99. The van der Waals surface area contributed by atoms with Gasteiger partial charge in [-0.05, 0) is 23.6 Å². The maximum atomic E-state index is 12.7. The number of rotatable bonds is 5. The SMILES string of the molecule is O=C(Cc1ccccc1)Nc1nc(CC(=O)N2CCc3ccccc32)cs1. The highest BCUT2D eigenvalue weighted by molar-refractivity contribution is 7.13. The quantitative estimate of drug-likeness (QED) is 0.741. The molecule has 136 valence electrons. The number of para-hydroxylation sites is 1. The summed E-state index contributed by atoms with van der Waals surface area (Å²) < 4.78 is 0. The average Bonchev–Trinajstić information content (AvgIpc) is 3.29. The van der Waals surface area contributed by atoms with Crippen LogP contribution in [0.15, 0.2) is 60.0 Å². The van der Waals surface area contributed by atoms with Crippen molar-refractivity contribution in [3.05, 3.63) is 76.8 Å². The summed E-state index contributed by atoms with van der Waals surface area (Å²) in [5, 5.41) is 5.17. The van der Waals surface area contributed by atoms with Crippen LogP contribution in [0, 0.1) is 0 Å². The number of thiazole rings is 1. The van der Waals surface area contributed by atoms with Gasteiger partial charge in [0.15, 0.2) is 5.13 Å². The molecule has 0 bridgehead atoms. The third-order valence-corrected chi connectivity index (χ3v) is 5.33. The van der Waals surface area contributed by atoms with Crippen molar-refractivity contribution in [3.8, 4) is 0 Å². The molecular weight excluding hydrogens is 358 g/mol. The minimum absolute atomic E-state index is 0.0346. The molecule has 6 heteroatoms. The molecule has 5 nitrogen and oxygen atoms in total. The first-order valence-corrected chi connectivity index (χ1v) is 9.73. The molecule has 3 aromatic rings. The molecule has 1 N–H and O–H groups in total. The number of carbonyl (C=O) groups excluding carboxylic acids is 2. The van der Waals surface area contributed by atoms with Crippen LogP contribution in [0.25, 0.3) is 0 Å². The van der Waals surface area contributed by atoms with Crippen LogP contribution in [-0.2, 0) is 28.9 Å². The molecule has 1 aromatic heterocycles. The van der Waals surface area contributed by atoms with Gasteiger partial charge >= 0.3 is 0 Å². The van der Waals surface area contributed by atoms with E-state index < -0.39 is 0 Å². The van der Waals surface area contributed by atoms with E-state index >= 15 is 0 Å². The van der Waals surface area contributed by atoms with Crippen molar-refractivity contribution in [2.45, 2.75) is 19.3 Å². The van der Waals surface area contributed by atoms with Crippen molar-refractivity contribution in [2.24, 2.45) is 0 Å². The lowest BCUT2D eigenvalue weighted by molar-refractivity contribution is -0.118. The summed E-state index contributed by atoms with van der Waals surface area (Å²) in [4.78, 5) is 31.0. The van der Waals surface area contributed by atoms with Gasteiger partial charge in [-0.2, -0.15) is 0 Å². The molecule has 1 aliphatic heterocycles. The van der Waals surface area contributed by atoms with Crippen molar-refractivity contribution < 1.29 is 9.59 Å². The van der Waals surface area contributed by atoms with Crippen LogP contribution < -0.4 is 10.2 Å². The lowest BCUT2D eigenvalue weighted by atomic mass is 10.1. The standard InChI is InChI=1S/C21H19N3O2S/c25-19(12-15-6-2-1-3-7-15)23-21-22-17(14-27-21)13-20(26)24-11-10-16-8-4-5-9-18(16)24/h1-9,14H,10-13H2,(H,22,23,25). The number of anilines is 2. The van der Waals surface area contributed by atoms with E-state index in [4.69, 9.17) is 0 Å². The Morgan fingerprint density at radius 3 is 2.67 bits per heavy atom. The third-order valence-electron chi connectivity index (χ3n) is 4.53. The number of fused-ring (bicyclic) bond motifs is 1. The van der Waals surface area contributed by atoms with Gasteiger partial charge in [-0.25, -0.2) is 4.98 Å². The molecule has 27 heavy (non-hydrogen) atoms. The summed E-state index contributed by atoms with van der Waals surface area (Å²) in [7, 11) is 0. The topological polar surface area (TPSA) is 62.3 Å². The molecule has 0 saturated carbocycles. The van der Waals surface area contributed by atoms with Crippen LogP contribution >= 0.6 is 11.3 Å². The maximum absolute atomic E-state index is 12.7. The number of amides is 2. The van der Waals surface area contributed by atoms with Gasteiger partial charge in [-0.15, -0.1) is 11.3 Å². The fraction of sp³-hybridized carbons (Fsp3) is 0.190. The van der Waals surface area contributed by atoms with Crippen molar-refractivity contribution in [3.63, 3.8) is 0 Å². The predicted molar refractivity (Wildman–Crippen MR) is 107 cm³/mol. The van der Waals surface area contributed by atoms with E-state index in [0.717, 1.165) is 17.7 Å². The summed E-state index contributed by atoms with van der Waals surface area (Å²) >= 11 is 1.34. The first-order valence-electron chi connectivity index (χ1n) is 8.85. The monoisotopic (exact) mass is 377 g/mol. The molecule has 0 radical (unpaired) electrons. The minimum atomic E-state index is -0.109. The van der Waals surface area contributed by atoms with Gasteiger partial charge in [-0.3, -0.25) is 9.59 Å². The van der Waals surface area contributed by atoms with E-state index in [2.05, 4.69) is 16.4 Å². The number of nitrogens with zero attached hydrogens (tertiary/aromatic N) is 2. The van der Waals surface area contributed by atoms with Crippen molar-refractivity contribution >= 4 is 34.0 Å². The maximum Gasteiger partial charge on any atom is 0.233 e. The van der Waals surface area contributed by atoms with Gasteiger partial charge in [0.05, 0.1) is 18.5 Å². The molecule has 0 atom stereocenters. The van der Waals surface area contributed by atoms with Gasteiger partial charge in [0, 0.05) is 17.6 Å². The highest BCUT2D eigenvalue weighted by atomic mass is 32.1. The molecule has 0 saturated heterocycles. The van der Waals surface area contributed by atoms with Crippen LogP contribution in [0.1, 0.15) is 16.8 Å². The number of hydrogen-bond acceptors (Lipinski definition) is 4. The molecule has 0 fully saturated rings. The first-order chi connectivity index (χ1) is 13.2. The molecule has 2 aromatic carbocycles. The van der Waals surface area contributed by atoms with Crippen LogP contribution in [0.3, 0.4) is 0 Å². The Kier molecular flexibility index (Phi) is 4.98. The molecule has 2 heterocycles. The van der Waals surface area contributed by atoms with Gasteiger partial charge in [0.25, 0.3) is 0 Å². The first kappa shape index (κ1) is 17.4. The fourth-order valence-electron chi connectivity index (χ4n) is 3.24. The van der Waals surface area contributed by atoms with Crippen LogP contribution in [0.2, 0.25) is 0 Å². The average molecular weight is 377 g/mol. The molecule has 4 rings (SSSR count). The highest BCUT2D eigenvalue weighted by Gasteiger charge is 2.24. The second-order valence-corrected chi connectivity index (χ2v) is 7.31. The van der Waals surface area contributed by atoms with Crippen molar-refractivity contribution in [1.82, 2.24) is 4.98 Å². The fourth-order valence-corrected chi connectivity index (χ4v) is 3.96. The largest absolute Gasteiger partial charge is 0.311 e. The summed E-state index contributed by atoms with van der Waals surface area (Å²) in [6.45, 7) is 0.711. The summed E-state index contributed by atoms with van der Waals surface area (Å²) in [6.07, 6.45) is 1.43. The molecule has 0 aliphatic carbocycles. The van der Waals surface area contributed by atoms with E-state index in [9.17, 15) is 9.59 Å². The Morgan fingerprint density at radius 2 is 1.81 bits per heavy atom. The number of carbonyl (C=O) groups is 2. The summed E-state index contributed by atoms with van der Waals surface area (Å²) in [6, 6.07) is 17.6. The Bertz CT molecular complexity index is 968. The van der Waals surface area contributed by atoms with E-state index in [0.29, 0.717) is 23.8 Å². The van der Waals surface area contributed by atoms with E-state index in [1.165, 1.54) is 16.9 Å². The molecule has 2 amide bonds. The van der Waals surface area contributed by atoms with Crippen LogP contribution in [0.4, 0.5) is 10.8 Å². The van der Waals surface area contributed by atoms with Gasteiger partial charge in [-0.1, -0.05) is 48.5 Å². The number of aromatic nitrogens is 1. The van der Waals surface area contributed by atoms with Gasteiger partial charge in [0.2, 0.25) is 11.8 Å². The van der Waals surface area contributed by atoms with E-state index in [1.54, 1.807) is 0 Å². The number of nitrogens with one attached hydrogen (secondary N) is 1. The zero-order valence-corrected chi connectivity index (χ0v) is 15.5.